The van der Waals surface area contributed by atoms with E-state index in [2.05, 4.69) is 43.1 Å². The molecule has 0 spiro atoms. The molecule has 0 fully saturated rings. The van der Waals surface area contributed by atoms with Gasteiger partial charge in [0.25, 0.3) is 5.19 Å². The van der Waals surface area contributed by atoms with Crippen molar-refractivity contribution in [1.29, 1.82) is 0 Å². The zero-order chi connectivity index (χ0) is 14.0. The van der Waals surface area contributed by atoms with Gasteiger partial charge in [-0.05, 0) is 24.0 Å². The maximum absolute atomic E-state index is 5.89. The highest BCUT2D eigenvalue weighted by molar-refractivity contribution is 7.13. The molecule has 5 heteroatoms. The maximum atomic E-state index is 5.89. The number of aromatic nitrogens is 2. The lowest BCUT2D eigenvalue weighted by molar-refractivity contribution is 0.448. The van der Waals surface area contributed by atoms with Crippen LogP contribution in [0.2, 0.25) is 0 Å². The van der Waals surface area contributed by atoms with Crippen molar-refractivity contribution in [2.24, 2.45) is 5.73 Å². The van der Waals surface area contributed by atoms with Gasteiger partial charge in [0.05, 0.1) is 0 Å². The zero-order valence-corrected chi connectivity index (χ0v) is 12.5. The van der Waals surface area contributed by atoms with E-state index in [9.17, 15) is 0 Å². The van der Waals surface area contributed by atoms with Crippen molar-refractivity contribution >= 4 is 11.3 Å². The van der Waals surface area contributed by atoms with E-state index in [0.29, 0.717) is 11.7 Å². The minimum absolute atomic E-state index is 0.0183. The molecule has 1 aromatic carbocycles. The minimum atomic E-state index is 0.0183. The van der Waals surface area contributed by atoms with Gasteiger partial charge < -0.3 is 10.5 Å². The molecule has 2 aromatic rings. The van der Waals surface area contributed by atoms with Gasteiger partial charge >= 0.3 is 0 Å². The number of benzene rings is 1. The second kappa shape index (κ2) is 5.27. The summed E-state index contributed by atoms with van der Waals surface area (Å²) in [7, 11) is 0. The predicted octanol–water partition coefficient (Wildman–Crippen LogP) is 3.40. The van der Waals surface area contributed by atoms with Crippen LogP contribution in [-0.2, 0) is 12.0 Å². The molecule has 0 aliphatic rings. The van der Waals surface area contributed by atoms with E-state index in [1.807, 2.05) is 13.0 Å². The van der Waals surface area contributed by atoms with Crippen molar-refractivity contribution < 1.29 is 4.74 Å². The predicted molar refractivity (Wildman–Crippen MR) is 77.8 cm³/mol. The Morgan fingerprint density at radius 1 is 1.26 bits per heavy atom. The Morgan fingerprint density at radius 2 is 2.00 bits per heavy atom. The molecule has 19 heavy (non-hydrogen) atoms. The van der Waals surface area contributed by atoms with Gasteiger partial charge in [-0.1, -0.05) is 49.3 Å². The molecule has 0 unspecified atom stereocenters. The molecule has 0 aliphatic carbocycles. The van der Waals surface area contributed by atoms with Gasteiger partial charge in [-0.2, -0.15) is 0 Å². The summed E-state index contributed by atoms with van der Waals surface area (Å²) in [6.45, 7) is 8.92. The third-order valence-electron chi connectivity index (χ3n) is 2.77. The quantitative estimate of drug-likeness (QED) is 0.934. The summed E-state index contributed by atoms with van der Waals surface area (Å²) in [5.41, 5.74) is 7.86. The van der Waals surface area contributed by atoms with Crippen LogP contribution in [0.5, 0.6) is 10.9 Å². The Balaban J connectivity index is 2.35. The van der Waals surface area contributed by atoms with Crippen LogP contribution >= 0.6 is 11.3 Å². The minimum Gasteiger partial charge on any atom is -0.429 e. The summed E-state index contributed by atoms with van der Waals surface area (Å²) < 4.78 is 5.89. The molecule has 2 rings (SSSR count). The Kier molecular flexibility index (Phi) is 3.87. The van der Waals surface area contributed by atoms with Gasteiger partial charge in [-0.3, -0.25) is 0 Å². The lowest BCUT2D eigenvalue weighted by Crippen LogP contribution is -2.12. The number of nitrogens with two attached hydrogens (primary N) is 1. The van der Waals surface area contributed by atoms with Crippen molar-refractivity contribution in [1.82, 2.24) is 10.2 Å². The molecule has 0 saturated carbocycles. The number of aryl methyl sites for hydroxylation is 1. The summed E-state index contributed by atoms with van der Waals surface area (Å²) in [5, 5.41) is 9.28. The van der Waals surface area contributed by atoms with E-state index in [0.717, 1.165) is 21.9 Å². The highest BCUT2D eigenvalue weighted by Gasteiger charge is 2.20. The van der Waals surface area contributed by atoms with Crippen LogP contribution < -0.4 is 10.5 Å². The lowest BCUT2D eigenvalue weighted by Gasteiger charge is -2.22. The summed E-state index contributed by atoms with van der Waals surface area (Å²) >= 11 is 1.38. The van der Waals surface area contributed by atoms with E-state index in [1.54, 1.807) is 0 Å². The molecule has 0 amide bonds. The second-order valence-electron chi connectivity index (χ2n) is 5.52. The Bertz CT molecular complexity index is 572. The van der Waals surface area contributed by atoms with E-state index in [4.69, 9.17) is 10.5 Å². The highest BCUT2D eigenvalue weighted by atomic mass is 32.1. The molecule has 4 nitrogen and oxygen atoms in total. The van der Waals surface area contributed by atoms with Crippen molar-refractivity contribution in [2.45, 2.75) is 39.7 Å². The molecular weight excluding hydrogens is 258 g/mol. The SMILES string of the molecule is Cc1ccc(C(C)(C)C)c(Oc2nnc(CN)s2)c1. The van der Waals surface area contributed by atoms with Crippen LogP contribution in [0.25, 0.3) is 0 Å². The van der Waals surface area contributed by atoms with Crippen LogP contribution in [0, 0.1) is 6.92 Å². The molecule has 0 bridgehead atoms. The van der Waals surface area contributed by atoms with E-state index in [1.165, 1.54) is 11.3 Å². The van der Waals surface area contributed by atoms with Gasteiger partial charge in [-0.15, -0.1) is 5.10 Å². The lowest BCUT2D eigenvalue weighted by atomic mass is 9.86. The van der Waals surface area contributed by atoms with Gasteiger partial charge in [0.1, 0.15) is 10.8 Å². The summed E-state index contributed by atoms with van der Waals surface area (Å²) in [6.07, 6.45) is 0. The van der Waals surface area contributed by atoms with E-state index in [-0.39, 0.29) is 5.41 Å². The molecule has 0 saturated heterocycles. The topological polar surface area (TPSA) is 61.0 Å². The fourth-order valence-corrected chi connectivity index (χ4v) is 2.37. The number of ether oxygens (including phenoxy) is 1. The summed E-state index contributed by atoms with van der Waals surface area (Å²) in [5.74, 6) is 0.840. The van der Waals surface area contributed by atoms with Gasteiger partial charge in [0, 0.05) is 12.1 Å². The maximum Gasteiger partial charge on any atom is 0.299 e. The first-order valence-electron chi connectivity index (χ1n) is 6.21. The molecule has 1 heterocycles. The van der Waals surface area contributed by atoms with E-state index >= 15 is 0 Å². The van der Waals surface area contributed by atoms with Crippen LogP contribution in [0.4, 0.5) is 0 Å². The Morgan fingerprint density at radius 3 is 2.58 bits per heavy atom. The molecule has 0 aliphatic heterocycles. The fourth-order valence-electron chi connectivity index (χ4n) is 1.79. The van der Waals surface area contributed by atoms with Crippen LogP contribution in [-0.4, -0.2) is 10.2 Å². The largest absolute Gasteiger partial charge is 0.429 e. The van der Waals surface area contributed by atoms with Crippen molar-refractivity contribution in [3.8, 4) is 10.9 Å². The van der Waals surface area contributed by atoms with Crippen LogP contribution in [0.1, 0.15) is 36.9 Å². The van der Waals surface area contributed by atoms with Crippen molar-refractivity contribution in [3.05, 3.63) is 34.3 Å². The smallest absolute Gasteiger partial charge is 0.299 e. The molecule has 1 aromatic heterocycles. The average molecular weight is 277 g/mol. The monoisotopic (exact) mass is 277 g/mol. The normalized spacial score (nSPS) is 11.6. The molecular formula is C14H19N3OS. The summed E-state index contributed by atoms with van der Waals surface area (Å²) in [4.78, 5) is 0. The molecule has 102 valence electrons. The van der Waals surface area contributed by atoms with Crippen molar-refractivity contribution in [2.75, 3.05) is 0 Å². The van der Waals surface area contributed by atoms with Crippen LogP contribution in [0.3, 0.4) is 0 Å². The van der Waals surface area contributed by atoms with Gasteiger partial charge in [0.2, 0.25) is 0 Å². The number of nitrogens with zero attached hydrogens (tertiary/aromatic N) is 2. The highest BCUT2D eigenvalue weighted by Crippen LogP contribution is 2.35. The number of hydrogen-bond donors (Lipinski definition) is 1. The number of hydrogen-bond acceptors (Lipinski definition) is 5. The first kappa shape index (κ1) is 14.0. The molecule has 0 radical (unpaired) electrons. The third kappa shape index (κ3) is 3.30. The Hall–Kier alpha value is -1.46. The first-order chi connectivity index (χ1) is 8.90. The summed E-state index contributed by atoms with van der Waals surface area (Å²) in [6, 6.07) is 6.23. The fraction of sp³-hybridized carbons (Fsp3) is 0.429. The average Bonchev–Trinajstić information content (AvgIpc) is 2.75. The Labute approximate surface area is 117 Å². The molecule has 2 N–H and O–H groups in total. The van der Waals surface area contributed by atoms with Gasteiger partial charge in [-0.25, -0.2) is 0 Å². The van der Waals surface area contributed by atoms with Crippen LogP contribution in [0.15, 0.2) is 18.2 Å². The second-order valence-corrected chi connectivity index (χ2v) is 6.54. The third-order valence-corrected chi connectivity index (χ3v) is 3.59. The van der Waals surface area contributed by atoms with E-state index < -0.39 is 0 Å². The van der Waals surface area contributed by atoms with Gasteiger partial charge in [0.15, 0.2) is 0 Å². The zero-order valence-electron chi connectivity index (χ0n) is 11.7. The standard InChI is InChI=1S/C14H19N3OS/c1-9-5-6-10(14(2,3)4)11(7-9)18-13-17-16-12(8-15)19-13/h5-7H,8,15H2,1-4H3. The first-order valence-corrected chi connectivity index (χ1v) is 7.03. The molecule has 0 atom stereocenters. The number of rotatable bonds is 3. The van der Waals surface area contributed by atoms with Crippen molar-refractivity contribution in [3.63, 3.8) is 0 Å².